The van der Waals surface area contributed by atoms with E-state index >= 15 is 0 Å². The van der Waals surface area contributed by atoms with Gasteiger partial charge < -0.3 is 4.98 Å². The van der Waals surface area contributed by atoms with Gasteiger partial charge in [-0.3, -0.25) is 14.3 Å². The zero-order valence-electron chi connectivity index (χ0n) is 11.6. The van der Waals surface area contributed by atoms with Crippen LogP contribution in [0, 0.1) is 0 Å². The number of hydrogen-bond acceptors (Lipinski definition) is 3. The summed E-state index contributed by atoms with van der Waals surface area (Å²) in [4.78, 5) is 23.4. The maximum absolute atomic E-state index is 12.0. The summed E-state index contributed by atoms with van der Waals surface area (Å²) in [5.41, 5.74) is 2.26. The topological polar surface area (TPSA) is 63.6 Å². The molecule has 0 aliphatic rings. The molecule has 0 bridgehead atoms. The second-order valence-electron chi connectivity index (χ2n) is 4.92. The zero-order chi connectivity index (χ0) is 14.9. The summed E-state index contributed by atoms with van der Waals surface area (Å²) in [6.45, 7) is 0. The Morgan fingerprint density at radius 2 is 1.95 bits per heavy atom. The predicted octanol–water partition coefficient (Wildman–Crippen LogP) is 2.78. The van der Waals surface area contributed by atoms with Crippen LogP contribution in [0.5, 0.6) is 0 Å². The Kier molecular flexibility index (Phi) is 2.83. The van der Waals surface area contributed by atoms with E-state index in [1.165, 1.54) is 0 Å². The third-order valence-electron chi connectivity index (χ3n) is 3.56. The minimum Gasteiger partial charge on any atom is -0.327 e. The number of nitrogens with zero attached hydrogens (tertiary/aromatic N) is 3. The lowest BCUT2D eigenvalue weighted by Crippen LogP contribution is -2.13. The van der Waals surface area contributed by atoms with Crippen LogP contribution in [0.3, 0.4) is 0 Å². The maximum atomic E-state index is 12.0. The molecule has 3 heterocycles. The summed E-state index contributed by atoms with van der Waals surface area (Å²) in [7, 11) is 0. The van der Waals surface area contributed by atoms with E-state index in [1.54, 1.807) is 41.5 Å². The molecule has 0 amide bonds. The molecule has 0 saturated heterocycles. The quantitative estimate of drug-likeness (QED) is 0.617. The molecular formula is C17H12N4O. The highest BCUT2D eigenvalue weighted by atomic mass is 16.1. The fourth-order valence-electron chi connectivity index (χ4n) is 2.53. The molecule has 0 aliphatic carbocycles. The minimum atomic E-state index is -0.149. The molecular weight excluding hydrogens is 276 g/mol. The number of H-pyrrole nitrogens is 1. The van der Waals surface area contributed by atoms with Gasteiger partial charge in [-0.2, -0.15) is 0 Å². The van der Waals surface area contributed by atoms with Crippen LogP contribution in [0.2, 0.25) is 0 Å². The van der Waals surface area contributed by atoms with E-state index in [0.717, 1.165) is 22.3 Å². The van der Waals surface area contributed by atoms with Crippen molar-refractivity contribution in [3.05, 3.63) is 77.6 Å². The molecule has 106 valence electrons. The standard InChI is InChI=1S/C17H12N4O/c22-17-15(4-2-8-20-17)21-10-9-19-16(21)13-5-6-14-12(11-13)3-1-7-18-14/h1-11H,(H,20,22). The van der Waals surface area contributed by atoms with Gasteiger partial charge in [-0.1, -0.05) is 6.07 Å². The summed E-state index contributed by atoms with van der Waals surface area (Å²) < 4.78 is 1.79. The van der Waals surface area contributed by atoms with Crippen molar-refractivity contribution in [3.8, 4) is 17.1 Å². The average Bonchev–Trinajstić information content (AvgIpc) is 3.04. The van der Waals surface area contributed by atoms with Crippen LogP contribution < -0.4 is 5.56 Å². The van der Waals surface area contributed by atoms with E-state index < -0.39 is 0 Å². The molecule has 5 heteroatoms. The van der Waals surface area contributed by atoms with E-state index in [9.17, 15) is 4.79 Å². The highest BCUT2D eigenvalue weighted by molar-refractivity contribution is 5.83. The first-order valence-corrected chi connectivity index (χ1v) is 6.89. The van der Waals surface area contributed by atoms with Crippen LogP contribution in [-0.4, -0.2) is 19.5 Å². The smallest absolute Gasteiger partial charge is 0.272 e. The van der Waals surface area contributed by atoms with Crippen molar-refractivity contribution in [2.45, 2.75) is 0 Å². The van der Waals surface area contributed by atoms with Crippen molar-refractivity contribution < 1.29 is 0 Å². The summed E-state index contributed by atoms with van der Waals surface area (Å²) in [5.74, 6) is 0.724. The van der Waals surface area contributed by atoms with E-state index in [2.05, 4.69) is 15.0 Å². The fraction of sp³-hybridized carbons (Fsp3) is 0. The molecule has 0 radical (unpaired) electrons. The number of fused-ring (bicyclic) bond motifs is 1. The lowest BCUT2D eigenvalue weighted by Gasteiger charge is -2.07. The van der Waals surface area contributed by atoms with Gasteiger partial charge in [-0.05, 0) is 36.4 Å². The highest BCUT2D eigenvalue weighted by Crippen LogP contribution is 2.23. The molecule has 4 aromatic rings. The van der Waals surface area contributed by atoms with Crippen LogP contribution in [0.1, 0.15) is 0 Å². The minimum absolute atomic E-state index is 0.149. The second-order valence-corrected chi connectivity index (χ2v) is 4.92. The molecule has 1 N–H and O–H groups in total. The molecule has 4 rings (SSSR count). The molecule has 0 fully saturated rings. The van der Waals surface area contributed by atoms with Gasteiger partial charge in [-0.15, -0.1) is 0 Å². The van der Waals surface area contributed by atoms with Crippen LogP contribution in [-0.2, 0) is 0 Å². The van der Waals surface area contributed by atoms with Crippen LogP contribution in [0.25, 0.3) is 28.0 Å². The fourth-order valence-corrected chi connectivity index (χ4v) is 2.53. The first-order valence-electron chi connectivity index (χ1n) is 6.89. The number of imidazole rings is 1. The third-order valence-corrected chi connectivity index (χ3v) is 3.56. The zero-order valence-corrected chi connectivity index (χ0v) is 11.6. The molecule has 0 spiro atoms. The molecule has 5 nitrogen and oxygen atoms in total. The van der Waals surface area contributed by atoms with Crippen LogP contribution in [0.15, 0.2) is 72.0 Å². The van der Waals surface area contributed by atoms with E-state index in [-0.39, 0.29) is 5.56 Å². The molecule has 0 unspecified atom stereocenters. The van der Waals surface area contributed by atoms with Gasteiger partial charge in [0.1, 0.15) is 11.5 Å². The third kappa shape index (κ3) is 2.00. The summed E-state index contributed by atoms with van der Waals surface area (Å²) in [5, 5.41) is 1.04. The summed E-state index contributed by atoms with van der Waals surface area (Å²) >= 11 is 0. The molecule has 1 aromatic carbocycles. The molecule has 0 saturated carbocycles. The SMILES string of the molecule is O=c1[nH]cccc1-n1ccnc1-c1ccc2ncccc2c1. The average molecular weight is 288 g/mol. The van der Waals surface area contributed by atoms with Crippen molar-refractivity contribution in [1.29, 1.82) is 0 Å². The van der Waals surface area contributed by atoms with Crippen molar-refractivity contribution in [3.63, 3.8) is 0 Å². The van der Waals surface area contributed by atoms with Gasteiger partial charge >= 0.3 is 0 Å². The Labute approximate surface area is 125 Å². The molecule has 0 atom stereocenters. The monoisotopic (exact) mass is 288 g/mol. The van der Waals surface area contributed by atoms with Gasteiger partial charge in [0, 0.05) is 35.7 Å². The number of nitrogens with one attached hydrogen (secondary N) is 1. The Morgan fingerprint density at radius 1 is 1.00 bits per heavy atom. The molecule has 0 aliphatic heterocycles. The Hall–Kier alpha value is -3.21. The normalized spacial score (nSPS) is 10.9. The summed E-state index contributed by atoms with van der Waals surface area (Å²) in [6.07, 6.45) is 6.86. The van der Waals surface area contributed by atoms with Gasteiger partial charge in [-0.25, -0.2) is 4.98 Å². The van der Waals surface area contributed by atoms with E-state index in [1.807, 2.05) is 30.3 Å². The number of pyridine rings is 2. The van der Waals surface area contributed by atoms with Gasteiger partial charge in [0.25, 0.3) is 5.56 Å². The van der Waals surface area contributed by atoms with Crippen molar-refractivity contribution in [1.82, 2.24) is 19.5 Å². The van der Waals surface area contributed by atoms with Gasteiger partial charge in [0.15, 0.2) is 0 Å². The number of hydrogen-bond donors (Lipinski definition) is 1. The van der Waals surface area contributed by atoms with Crippen molar-refractivity contribution >= 4 is 10.9 Å². The highest BCUT2D eigenvalue weighted by Gasteiger charge is 2.10. The Morgan fingerprint density at radius 3 is 2.86 bits per heavy atom. The van der Waals surface area contributed by atoms with Crippen molar-refractivity contribution in [2.75, 3.05) is 0 Å². The Bertz CT molecular complexity index is 1020. The maximum Gasteiger partial charge on any atom is 0.272 e. The Balaban J connectivity index is 1.91. The van der Waals surface area contributed by atoms with Crippen molar-refractivity contribution in [2.24, 2.45) is 0 Å². The van der Waals surface area contributed by atoms with E-state index in [0.29, 0.717) is 5.69 Å². The first-order chi connectivity index (χ1) is 10.8. The van der Waals surface area contributed by atoms with Gasteiger partial charge in [0.05, 0.1) is 5.52 Å². The number of aromatic nitrogens is 4. The largest absolute Gasteiger partial charge is 0.327 e. The van der Waals surface area contributed by atoms with Gasteiger partial charge in [0.2, 0.25) is 0 Å². The number of benzene rings is 1. The second kappa shape index (κ2) is 4.96. The first kappa shape index (κ1) is 12.5. The van der Waals surface area contributed by atoms with Crippen LogP contribution in [0.4, 0.5) is 0 Å². The van der Waals surface area contributed by atoms with Crippen LogP contribution >= 0.6 is 0 Å². The predicted molar refractivity (Wildman–Crippen MR) is 84.9 cm³/mol. The lowest BCUT2D eigenvalue weighted by molar-refractivity contribution is 1.02. The lowest BCUT2D eigenvalue weighted by atomic mass is 10.1. The van der Waals surface area contributed by atoms with E-state index in [4.69, 9.17) is 0 Å². The number of rotatable bonds is 2. The molecule has 3 aromatic heterocycles. The molecule has 22 heavy (non-hydrogen) atoms. The summed E-state index contributed by atoms with van der Waals surface area (Å²) in [6, 6.07) is 13.4. The number of aromatic amines is 1.